The number of hydrogen-bond donors (Lipinski definition) is 2. The van der Waals surface area contributed by atoms with Gasteiger partial charge in [0.1, 0.15) is 4.90 Å². The van der Waals surface area contributed by atoms with Gasteiger partial charge < -0.3 is 5.11 Å². The quantitative estimate of drug-likeness (QED) is 0.692. The van der Waals surface area contributed by atoms with E-state index in [2.05, 4.69) is 14.9 Å². The normalized spacial score (nSPS) is 11.9. The third-order valence-corrected chi connectivity index (χ3v) is 4.26. The lowest BCUT2D eigenvalue weighted by Crippen LogP contribution is -2.26. The van der Waals surface area contributed by atoms with Crippen molar-refractivity contribution in [1.29, 1.82) is 0 Å². The molecule has 0 atom stereocenters. The molecule has 20 heavy (non-hydrogen) atoms. The summed E-state index contributed by atoms with van der Waals surface area (Å²) < 4.78 is 29.6. The van der Waals surface area contributed by atoms with Gasteiger partial charge in [0.2, 0.25) is 10.0 Å². The van der Waals surface area contributed by atoms with Crippen LogP contribution in [0.15, 0.2) is 29.6 Å². The Bertz CT molecular complexity index is 661. The summed E-state index contributed by atoms with van der Waals surface area (Å²) >= 11 is 0. The van der Waals surface area contributed by atoms with Crippen molar-refractivity contribution < 1.29 is 13.5 Å². The van der Waals surface area contributed by atoms with Gasteiger partial charge in [-0.15, -0.1) is 0 Å². The zero-order valence-corrected chi connectivity index (χ0v) is 11.9. The molecule has 2 N–H and O–H groups in total. The first-order valence-corrected chi connectivity index (χ1v) is 7.61. The van der Waals surface area contributed by atoms with Gasteiger partial charge in [-0.25, -0.2) is 13.1 Å². The van der Waals surface area contributed by atoms with Crippen molar-refractivity contribution in [3.63, 3.8) is 0 Å². The molecule has 2 rings (SSSR count). The molecule has 0 radical (unpaired) electrons. The molecule has 2 aromatic heterocycles. The number of hydrogen-bond acceptors (Lipinski definition) is 5. The predicted octanol–water partition coefficient (Wildman–Crippen LogP) is -0.870. The summed E-state index contributed by atoms with van der Waals surface area (Å²) in [5.41, 5.74) is 0.948. The van der Waals surface area contributed by atoms with Crippen LogP contribution in [0, 0.1) is 0 Å². The highest BCUT2D eigenvalue weighted by Crippen LogP contribution is 2.07. The van der Waals surface area contributed by atoms with E-state index in [4.69, 9.17) is 5.11 Å². The van der Waals surface area contributed by atoms with Crippen LogP contribution >= 0.6 is 0 Å². The van der Waals surface area contributed by atoms with E-state index < -0.39 is 10.0 Å². The van der Waals surface area contributed by atoms with Crippen molar-refractivity contribution in [1.82, 2.24) is 24.3 Å². The molecule has 0 spiro atoms. The molecule has 0 saturated heterocycles. The summed E-state index contributed by atoms with van der Waals surface area (Å²) in [4.78, 5) is 0.0935. The molecule has 0 bridgehead atoms. The van der Waals surface area contributed by atoms with Crippen molar-refractivity contribution in [2.45, 2.75) is 17.9 Å². The molecule has 110 valence electrons. The van der Waals surface area contributed by atoms with Crippen LogP contribution in [0.3, 0.4) is 0 Å². The summed E-state index contributed by atoms with van der Waals surface area (Å²) in [6.45, 7) is 0.465. The Hall–Kier alpha value is -1.71. The Morgan fingerprint density at radius 1 is 1.40 bits per heavy atom. The van der Waals surface area contributed by atoms with Crippen LogP contribution in [-0.2, 0) is 30.0 Å². The third kappa shape index (κ3) is 3.44. The zero-order valence-electron chi connectivity index (χ0n) is 11.1. The Balaban J connectivity index is 1.95. The summed E-state index contributed by atoms with van der Waals surface area (Å²) in [6.07, 6.45) is 4.88. The van der Waals surface area contributed by atoms with Crippen LogP contribution in [0.25, 0.3) is 0 Å². The van der Waals surface area contributed by atoms with Gasteiger partial charge in [0, 0.05) is 38.1 Å². The average Bonchev–Trinajstić information content (AvgIpc) is 3.00. The highest BCUT2D eigenvalue weighted by atomic mass is 32.2. The van der Waals surface area contributed by atoms with E-state index in [1.807, 2.05) is 13.1 Å². The van der Waals surface area contributed by atoms with Gasteiger partial charge in [-0.05, 0) is 6.07 Å². The minimum atomic E-state index is -3.57. The monoisotopic (exact) mass is 299 g/mol. The topological polar surface area (TPSA) is 102 Å². The Labute approximate surface area is 117 Å². The molecular formula is C11H17N5O3S. The summed E-state index contributed by atoms with van der Waals surface area (Å²) in [5.74, 6) is 0. The van der Waals surface area contributed by atoms with Crippen molar-refractivity contribution in [3.05, 3.63) is 30.4 Å². The second kappa shape index (κ2) is 6.16. The van der Waals surface area contributed by atoms with Gasteiger partial charge in [-0.3, -0.25) is 9.36 Å². The smallest absolute Gasteiger partial charge is 0.243 e. The number of aliphatic hydroxyl groups is 1. The average molecular weight is 299 g/mol. The standard InChI is InChI=1S/C11H17N5O3S/c1-15-10(2-4-12-15)3-5-14-20(18,19)11-8-13-16(9-11)6-7-17/h2,4,8-9,14,17H,3,5-7H2,1H3. The van der Waals surface area contributed by atoms with E-state index in [9.17, 15) is 8.42 Å². The first kappa shape index (κ1) is 14.7. The van der Waals surface area contributed by atoms with E-state index in [0.29, 0.717) is 6.42 Å². The second-order valence-electron chi connectivity index (χ2n) is 4.26. The van der Waals surface area contributed by atoms with Gasteiger partial charge in [0.25, 0.3) is 0 Å². The largest absolute Gasteiger partial charge is 0.394 e. The Morgan fingerprint density at radius 3 is 2.85 bits per heavy atom. The number of rotatable bonds is 7. The van der Waals surface area contributed by atoms with Crippen LogP contribution in [0.1, 0.15) is 5.69 Å². The molecule has 0 amide bonds. The lowest BCUT2D eigenvalue weighted by Gasteiger charge is -2.05. The molecule has 0 unspecified atom stereocenters. The van der Waals surface area contributed by atoms with E-state index >= 15 is 0 Å². The minimum absolute atomic E-state index is 0.0882. The fourth-order valence-corrected chi connectivity index (χ4v) is 2.74. The van der Waals surface area contributed by atoms with Gasteiger partial charge in [-0.2, -0.15) is 10.2 Å². The van der Waals surface area contributed by atoms with Crippen LogP contribution in [0.4, 0.5) is 0 Å². The van der Waals surface area contributed by atoms with E-state index in [0.717, 1.165) is 5.69 Å². The van der Waals surface area contributed by atoms with Crippen molar-refractivity contribution in [2.75, 3.05) is 13.2 Å². The maximum atomic E-state index is 12.0. The maximum absolute atomic E-state index is 12.0. The SMILES string of the molecule is Cn1nccc1CCNS(=O)(=O)c1cnn(CCO)c1. The highest BCUT2D eigenvalue weighted by Gasteiger charge is 2.16. The van der Waals surface area contributed by atoms with Gasteiger partial charge in [0.05, 0.1) is 19.3 Å². The number of nitrogens with zero attached hydrogens (tertiary/aromatic N) is 4. The van der Waals surface area contributed by atoms with Crippen LogP contribution in [0.5, 0.6) is 0 Å². The molecule has 2 heterocycles. The van der Waals surface area contributed by atoms with Crippen LogP contribution in [-0.4, -0.2) is 46.2 Å². The van der Waals surface area contributed by atoms with Crippen molar-refractivity contribution >= 4 is 10.0 Å². The lowest BCUT2D eigenvalue weighted by molar-refractivity contribution is 0.269. The van der Waals surface area contributed by atoms with E-state index in [1.165, 1.54) is 17.1 Å². The van der Waals surface area contributed by atoms with Crippen molar-refractivity contribution in [3.8, 4) is 0 Å². The third-order valence-electron chi connectivity index (χ3n) is 2.84. The van der Waals surface area contributed by atoms with Gasteiger partial charge in [0.15, 0.2) is 0 Å². The fourth-order valence-electron chi connectivity index (χ4n) is 1.75. The molecule has 8 nitrogen and oxygen atoms in total. The summed E-state index contributed by atoms with van der Waals surface area (Å²) in [5, 5.41) is 16.7. The highest BCUT2D eigenvalue weighted by molar-refractivity contribution is 7.89. The number of nitrogens with one attached hydrogen (secondary N) is 1. The van der Waals surface area contributed by atoms with Crippen LogP contribution in [0.2, 0.25) is 0 Å². The van der Waals surface area contributed by atoms with Gasteiger partial charge in [-0.1, -0.05) is 0 Å². The summed E-state index contributed by atoms with van der Waals surface area (Å²) in [6, 6.07) is 1.84. The number of aromatic nitrogens is 4. The number of sulfonamides is 1. The molecule has 2 aromatic rings. The molecule has 0 saturated carbocycles. The van der Waals surface area contributed by atoms with Crippen molar-refractivity contribution in [2.24, 2.45) is 7.05 Å². The predicted molar refractivity (Wildman–Crippen MR) is 71.4 cm³/mol. The molecule has 0 aliphatic rings. The van der Waals surface area contributed by atoms with Crippen LogP contribution < -0.4 is 4.72 Å². The van der Waals surface area contributed by atoms with E-state index in [1.54, 1.807) is 10.9 Å². The maximum Gasteiger partial charge on any atom is 0.243 e. The van der Waals surface area contributed by atoms with Gasteiger partial charge >= 0.3 is 0 Å². The molecular weight excluding hydrogens is 282 g/mol. The Morgan fingerprint density at radius 2 is 2.20 bits per heavy atom. The molecule has 0 aromatic carbocycles. The first-order chi connectivity index (χ1) is 9.53. The first-order valence-electron chi connectivity index (χ1n) is 6.13. The minimum Gasteiger partial charge on any atom is -0.394 e. The Kier molecular flexibility index (Phi) is 4.53. The number of aliphatic hydroxyl groups excluding tert-OH is 1. The molecule has 9 heteroatoms. The molecule has 0 fully saturated rings. The number of aryl methyl sites for hydroxylation is 1. The summed E-state index contributed by atoms with van der Waals surface area (Å²) in [7, 11) is -1.76. The second-order valence-corrected chi connectivity index (χ2v) is 6.02. The lowest BCUT2D eigenvalue weighted by atomic mass is 10.3. The molecule has 0 aliphatic carbocycles. The molecule has 0 aliphatic heterocycles. The van der Waals surface area contributed by atoms with E-state index in [-0.39, 0.29) is 24.6 Å². The zero-order chi connectivity index (χ0) is 14.6. The fraction of sp³-hybridized carbons (Fsp3) is 0.455.